The molecule has 0 aliphatic heterocycles. The summed E-state index contributed by atoms with van der Waals surface area (Å²) in [5, 5.41) is 0. The molecule has 0 heterocycles. The van der Waals surface area contributed by atoms with E-state index < -0.39 is 22.8 Å². The minimum absolute atomic E-state index is 0.382. The molecule has 0 saturated carbocycles. The van der Waals surface area contributed by atoms with Crippen molar-refractivity contribution in [1.29, 1.82) is 0 Å². The van der Waals surface area contributed by atoms with E-state index >= 15 is 0 Å². The summed E-state index contributed by atoms with van der Waals surface area (Å²) >= 11 is 0. The highest BCUT2D eigenvalue weighted by Gasteiger charge is 2.46. The largest absolute Gasteiger partial charge is 0.0721 e. The quantitative estimate of drug-likeness (QED) is 0.674. The average molecular weight is 327 g/mol. The van der Waals surface area contributed by atoms with Gasteiger partial charge < -0.3 is 0 Å². The molecule has 110 valence electrons. The van der Waals surface area contributed by atoms with Gasteiger partial charge in [0.25, 0.3) is 0 Å². The van der Waals surface area contributed by atoms with Crippen molar-refractivity contribution in [3.63, 3.8) is 0 Å². The van der Waals surface area contributed by atoms with E-state index in [4.69, 9.17) is 0 Å². The molecule has 0 bridgehead atoms. The minimum atomic E-state index is -0.795. The first kappa shape index (κ1) is 19.1. The van der Waals surface area contributed by atoms with Gasteiger partial charge in [0.15, 0.2) is 0 Å². The molecule has 0 fully saturated rings. The molecule has 0 spiro atoms. The highest BCUT2D eigenvalue weighted by Crippen LogP contribution is 2.25. The molecule has 0 nitrogen and oxygen atoms in total. The van der Waals surface area contributed by atoms with Gasteiger partial charge in [-0.15, -0.1) is 0 Å². The van der Waals surface area contributed by atoms with Crippen LogP contribution in [-0.2, 0) is 0 Å². The molecule has 0 saturated heterocycles. The van der Waals surface area contributed by atoms with Crippen LogP contribution in [0.25, 0.3) is 0 Å². The predicted octanol–water partition coefficient (Wildman–Crippen LogP) is 5.15. The van der Waals surface area contributed by atoms with Crippen LogP contribution >= 0.6 is 0 Å². The Kier molecular flexibility index (Phi) is 7.23. The average Bonchev–Trinajstić information content (AvgIpc) is 2.13. The molecule has 0 unspecified atom stereocenters. The molecule has 1 aromatic carbocycles. The molecule has 0 aromatic heterocycles. The molecule has 19 heavy (non-hydrogen) atoms. The Morgan fingerprint density at radius 2 is 0.579 bits per heavy atom. The Hall–Kier alpha value is 0.0875. The smallest absolute Gasteiger partial charge is 0.0300 e. The summed E-state index contributed by atoms with van der Waals surface area (Å²) in [7, 11) is -2.77. The molecule has 1 aromatic rings. The van der Waals surface area contributed by atoms with E-state index in [0.29, 0.717) is 0 Å². The van der Waals surface area contributed by atoms with Crippen LogP contribution in [0.4, 0.5) is 0 Å². The summed E-state index contributed by atoms with van der Waals surface area (Å²) in [5.74, 6) is 0. The van der Waals surface area contributed by atoms with Crippen molar-refractivity contribution in [2.45, 2.75) is 58.9 Å². The third-order valence-electron chi connectivity index (χ3n) is 3.26. The summed E-state index contributed by atoms with van der Waals surface area (Å²) < 4.78 is 0. The highest BCUT2D eigenvalue weighted by atomic mass is 29.9. The third-order valence-corrected chi connectivity index (χ3v) is 70.8. The molecule has 0 amide bonds. The Balaban J connectivity index is 0.000000443. The Morgan fingerprint density at radius 3 is 0.632 bits per heavy atom. The summed E-state index contributed by atoms with van der Waals surface area (Å²) in [6.45, 7) is 23.6. The maximum Gasteiger partial charge on any atom is 0.0300 e. The van der Waals surface area contributed by atoms with Crippen molar-refractivity contribution >= 4 is 30.1 Å². The van der Waals surface area contributed by atoms with Crippen LogP contribution in [-0.4, -0.2) is 30.1 Å². The van der Waals surface area contributed by atoms with Crippen molar-refractivity contribution in [3.8, 4) is 0 Å². The van der Waals surface area contributed by atoms with E-state index in [1.54, 1.807) is 0 Å². The van der Waals surface area contributed by atoms with Crippen molar-refractivity contribution in [2.24, 2.45) is 0 Å². The zero-order valence-corrected chi connectivity index (χ0v) is 18.7. The first-order valence-corrected chi connectivity index (χ1v) is 23.3. The van der Waals surface area contributed by atoms with Gasteiger partial charge in [0.2, 0.25) is 0 Å². The summed E-state index contributed by atoms with van der Waals surface area (Å²) in [4.78, 5) is 0. The van der Waals surface area contributed by atoms with Crippen molar-refractivity contribution in [3.05, 3.63) is 36.4 Å². The maximum atomic E-state index is 2.63. The minimum Gasteiger partial charge on any atom is -0.0721 e. The monoisotopic (exact) mass is 326 g/mol. The van der Waals surface area contributed by atoms with Crippen LogP contribution in [0, 0.1) is 0 Å². The molecular weight excluding hydrogens is 293 g/mol. The number of hydrogen-bond donors (Lipinski definition) is 0. The lowest BCUT2D eigenvalue weighted by atomic mass is 10.4. The van der Waals surface area contributed by atoms with Crippen LogP contribution in [0.3, 0.4) is 0 Å². The number of benzene rings is 1. The standard InChI is InChI=1S/C9H28Si4.C6H6/c1-11(2,3)10(12(4,5)6)13(7,8)9;1-2-4-6-5-3-1/h10H,1-9H3;1-6H. The van der Waals surface area contributed by atoms with Crippen LogP contribution in [0.5, 0.6) is 0 Å². The van der Waals surface area contributed by atoms with E-state index in [-0.39, 0.29) is 7.35 Å². The van der Waals surface area contributed by atoms with E-state index in [1.165, 1.54) is 0 Å². The molecule has 0 radical (unpaired) electrons. The molecule has 0 atom stereocenters. The van der Waals surface area contributed by atoms with Crippen LogP contribution < -0.4 is 0 Å². The molecule has 0 N–H and O–H groups in total. The fourth-order valence-electron chi connectivity index (χ4n) is 4.28. The second kappa shape index (κ2) is 7.20. The van der Waals surface area contributed by atoms with Crippen molar-refractivity contribution in [2.75, 3.05) is 0 Å². The topological polar surface area (TPSA) is 0 Å². The van der Waals surface area contributed by atoms with Crippen LogP contribution in [0.15, 0.2) is 36.4 Å². The second-order valence-corrected chi connectivity index (χ2v) is 49.7. The van der Waals surface area contributed by atoms with Gasteiger partial charge in [-0.1, -0.05) is 95.3 Å². The lowest BCUT2D eigenvalue weighted by Crippen LogP contribution is -2.70. The molecular formula is C15H34Si4. The van der Waals surface area contributed by atoms with Crippen molar-refractivity contribution in [1.82, 2.24) is 0 Å². The number of hydrogen-bond acceptors (Lipinski definition) is 0. The maximum absolute atomic E-state index is 2.63. The molecule has 0 aliphatic rings. The molecule has 1 rings (SSSR count). The zero-order valence-electron chi connectivity index (χ0n) is 14.5. The summed E-state index contributed by atoms with van der Waals surface area (Å²) in [6.07, 6.45) is 0. The Labute approximate surface area is 125 Å². The first-order chi connectivity index (χ1) is 8.37. The van der Waals surface area contributed by atoms with Gasteiger partial charge in [0.05, 0.1) is 0 Å². The lowest BCUT2D eigenvalue weighted by molar-refractivity contribution is 1.72. The Morgan fingerprint density at radius 1 is 0.421 bits per heavy atom. The van der Waals surface area contributed by atoms with Gasteiger partial charge in [-0.3, -0.25) is 0 Å². The van der Waals surface area contributed by atoms with Gasteiger partial charge >= 0.3 is 0 Å². The molecule has 0 aliphatic carbocycles. The zero-order chi connectivity index (χ0) is 15.3. The first-order valence-electron chi connectivity index (χ1n) is 7.37. The van der Waals surface area contributed by atoms with Crippen LogP contribution in [0.2, 0.25) is 58.9 Å². The van der Waals surface area contributed by atoms with Gasteiger partial charge in [-0.05, 0) is 0 Å². The van der Waals surface area contributed by atoms with E-state index in [0.717, 1.165) is 0 Å². The normalized spacial score (nSPS) is 12.9. The van der Waals surface area contributed by atoms with E-state index in [9.17, 15) is 0 Å². The van der Waals surface area contributed by atoms with Gasteiger partial charge in [-0.25, -0.2) is 0 Å². The number of rotatable bonds is 3. The summed E-state index contributed by atoms with van der Waals surface area (Å²) in [6, 6.07) is 12.0. The van der Waals surface area contributed by atoms with Gasteiger partial charge in [-0.2, -0.15) is 0 Å². The SMILES string of the molecule is C[Si](C)(C)[SiH]([Si](C)(C)C)[Si](C)(C)C.c1ccccc1. The van der Waals surface area contributed by atoms with Crippen molar-refractivity contribution < 1.29 is 0 Å². The van der Waals surface area contributed by atoms with Gasteiger partial charge in [0, 0.05) is 30.1 Å². The second-order valence-electron chi connectivity index (χ2n) is 8.69. The van der Waals surface area contributed by atoms with Gasteiger partial charge in [0.1, 0.15) is 0 Å². The Bertz CT molecular complexity index is 281. The van der Waals surface area contributed by atoms with Crippen LogP contribution in [0.1, 0.15) is 0 Å². The fraction of sp³-hybridized carbons (Fsp3) is 0.600. The summed E-state index contributed by atoms with van der Waals surface area (Å²) in [5.41, 5.74) is 0. The highest BCUT2D eigenvalue weighted by molar-refractivity contribution is 7.81. The van der Waals surface area contributed by atoms with E-state index in [1.807, 2.05) is 36.4 Å². The van der Waals surface area contributed by atoms with E-state index in [2.05, 4.69) is 58.9 Å². The fourth-order valence-corrected chi connectivity index (χ4v) is 106. The third kappa shape index (κ3) is 8.07. The molecule has 4 heteroatoms. The predicted molar refractivity (Wildman–Crippen MR) is 104 cm³/mol. The lowest BCUT2D eigenvalue weighted by Gasteiger charge is -2.45.